The van der Waals surface area contributed by atoms with Crippen molar-refractivity contribution in [1.82, 2.24) is 5.32 Å². The molecule has 0 radical (unpaired) electrons. The van der Waals surface area contributed by atoms with Crippen LogP contribution in [0, 0.1) is 0 Å². The van der Waals surface area contributed by atoms with Gasteiger partial charge in [0.1, 0.15) is 6.10 Å². The van der Waals surface area contributed by atoms with Crippen molar-refractivity contribution in [3.05, 3.63) is 24.3 Å². The maximum atomic E-state index is 12.0. The molecule has 2 aliphatic heterocycles. The number of hydrogen-bond acceptors (Lipinski definition) is 5. The summed E-state index contributed by atoms with van der Waals surface area (Å²) in [6, 6.07) is 7.79. The molecule has 3 rings (SSSR count). The Balaban J connectivity index is 1.61. The van der Waals surface area contributed by atoms with Gasteiger partial charge in [0.05, 0.1) is 19.2 Å². The van der Waals surface area contributed by atoms with Crippen LogP contribution in [0.2, 0.25) is 0 Å². The van der Waals surface area contributed by atoms with Gasteiger partial charge in [0.25, 0.3) is 0 Å². The molecule has 2 heterocycles. The molecule has 1 aromatic rings. The molecule has 0 saturated carbocycles. The van der Waals surface area contributed by atoms with Crippen LogP contribution in [0.25, 0.3) is 0 Å². The fourth-order valence-electron chi connectivity index (χ4n) is 3.06. The molecule has 1 unspecified atom stereocenters. The van der Waals surface area contributed by atoms with Crippen LogP contribution in [0.1, 0.15) is 19.8 Å². The first-order valence-electron chi connectivity index (χ1n) is 8.28. The van der Waals surface area contributed by atoms with E-state index in [1.165, 1.54) is 6.92 Å². The van der Waals surface area contributed by atoms with Gasteiger partial charge < -0.3 is 20.1 Å². The number of cyclic esters (lactones) is 1. The molecule has 0 aromatic heterocycles. The number of piperidine rings is 1. The van der Waals surface area contributed by atoms with Gasteiger partial charge in [0, 0.05) is 31.4 Å². The van der Waals surface area contributed by atoms with Crippen LogP contribution in [0.3, 0.4) is 0 Å². The summed E-state index contributed by atoms with van der Waals surface area (Å²) in [4.78, 5) is 26.8. The van der Waals surface area contributed by atoms with E-state index in [0.717, 1.165) is 37.3 Å². The Morgan fingerprint density at radius 2 is 1.88 bits per heavy atom. The highest BCUT2D eigenvalue weighted by atomic mass is 16.6. The molecule has 2 aliphatic rings. The summed E-state index contributed by atoms with van der Waals surface area (Å²) in [6.45, 7) is 3.86. The van der Waals surface area contributed by atoms with E-state index >= 15 is 0 Å². The van der Waals surface area contributed by atoms with Crippen LogP contribution in [-0.4, -0.2) is 55.5 Å². The minimum Gasteiger partial charge on any atom is -0.442 e. The van der Waals surface area contributed by atoms with Gasteiger partial charge in [-0.05, 0) is 37.1 Å². The van der Waals surface area contributed by atoms with Crippen molar-refractivity contribution in [2.24, 2.45) is 0 Å². The highest BCUT2D eigenvalue weighted by molar-refractivity contribution is 5.90. The molecule has 0 aliphatic carbocycles. The molecule has 0 spiro atoms. The minimum atomic E-state index is -0.390. The van der Waals surface area contributed by atoms with Gasteiger partial charge >= 0.3 is 6.09 Å². The Bertz CT molecular complexity index is 596. The zero-order valence-electron chi connectivity index (χ0n) is 13.8. The summed E-state index contributed by atoms with van der Waals surface area (Å²) in [7, 11) is 0. The van der Waals surface area contributed by atoms with Gasteiger partial charge in [0.15, 0.2) is 0 Å². The Kier molecular flexibility index (Phi) is 4.89. The lowest BCUT2D eigenvalue weighted by atomic mass is 10.1. The van der Waals surface area contributed by atoms with Crippen molar-refractivity contribution in [2.45, 2.75) is 32.0 Å². The number of carbonyl (C=O) groups excluding carboxylic acids is 2. The lowest BCUT2D eigenvalue weighted by Gasteiger charge is -2.31. The SMILES string of the molecule is CC(=O)NCC1CN(c2ccc(N3CCC(O)CC3)cc2)C(=O)O1. The van der Waals surface area contributed by atoms with E-state index in [4.69, 9.17) is 4.74 Å². The van der Waals surface area contributed by atoms with Crippen LogP contribution >= 0.6 is 0 Å². The van der Waals surface area contributed by atoms with Crippen LogP contribution in [0.15, 0.2) is 24.3 Å². The second kappa shape index (κ2) is 7.09. The molecular weight excluding hydrogens is 310 g/mol. The molecule has 24 heavy (non-hydrogen) atoms. The molecule has 2 N–H and O–H groups in total. The number of nitrogens with one attached hydrogen (secondary N) is 1. The normalized spacial score (nSPS) is 21.8. The van der Waals surface area contributed by atoms with Crippen molar-refractivity contribution in [3.63, 3.8) is 0 Å². The maximum Gasteiger partial charge on any atom is 0.414 e. The van der Waals surface area contributed by atoms with E-state index in [1.807, 2.05) is 24.3 Å². The van der Waals surface area contributed by atoms with Crippen molar-refractivity contribution in [2.75, 3.05) is 36.0 Å². The first-order chi connectivity index (χ1) is 11.5. The van der Waals surface area contributed by atoms with E-state index in [-0.39, 0.29) is 24.2 Å². The lowest BCUT2D eigenvalue weighted by Crippen LogP contribution is -2.35. The van der Waals surface area contributed by atoms with E-state index < -0.39 is 0 Å². The Morgan fingerprint density at radius 1 is 1.25 bits per heavy atom. The predicted molar refractivity (Wildman–Crippen MR) is 90.2 cm³/mol. The second-order valence-electron chi connectivity index (χ2n) is 6.29. The maximum absolute atomic E-state index is 12.0. The van der Waals surface area contributed by atoms with Crippen molar-refractivity contribution in [1.29, 1.82) is 0 Å². The number of benzene rings is 1. The largest absolute Gasteiger partial charge is 0.442 e. The summed E-state index contributed by atoms with van der Waals surface area (Å²) in [5.74, 6) is -0.138. The minimum absolute atomic E-state index is 0.138. The number of ether oxygens (including phenoxy) is 1. The molecule has 2 saturated heterocycles. The molecule has 2 amide bonds. The Labute approximate surface area is 141 Å². The standard InChI is InChI=1S/C17H23N3O4/c1-12(21)18-10-16-11-20(17(23)24-16)14-4-2-13(3-5-14)19-8-6-15(22)7-9-19/h2-5,15-16,22H,6-11H2,1H3,(H,18,21). The van der Waals surface area contributed by atoms with E-state index in [0.29, 0.717) is 13.1 Å². The van der Waals surface area contributed by atoms with Gasteiger partial charge in [-0.2, -0.15) is 0 Å². The van der Waals surface area contributed by atoms with Gasteiger partial charge in [-0.25, -0.2) is 4.79 Å². The Morgan fingerprint density at radius 3 is 2.50 bits per heavy atom. The lowest BCUT2D eigenvalue weighted by molar-refractivity contribution is -0.119. The zero-order chi connectivity index (χ0) is 17.1. The monoisotopic (exact) mass is 333 g/mol. The van der Waals surface area contributed by atoms with E-state index in [9.17, 15) is 14.7 Å². The topological polar surface area (TPSA) is 82.1 Å². The summed E-state index contributed by atoms with van der Waals surface area (Å²) in [5, 5.41) is 12.2. The molecular formula is C17H23N3O4. The van der Waals surface area contributed by atoms with Crippen molar-refractivity contribution >= 4 is 23.4 Å². The molecule has 0 bridgehead atoms. The average molecular weight is 333 g/mol. The number of hydrogen-bond donors (Lipinski definition) is 2. The van der Waals surface area contributed by atoms with Crippen molar-refractivity contribution in [3.8, 4) is 0 Å². The van der Waals surface area contributed by atoms with Gasteiger partial charge in [-0.1, -0.05) is 0 Å². The third kappa shape index (κ3) is 3.79. The van der Waals surface area contributed by atoms with Crippen LogP contribution < -0.4 is 15.1 Å². The quantitative estimate of drug-likeness (QED) is 0.862. The first-order valence-corrected chi connectivity index (χ1v) is 8.28. The van der Waals surface area contributed by atoms with E-state index in [1.54, 1.807) is 4.90 Å². The molecule has 2 fully saturated rings. The highest BCUT2D eigenvalue weighted by Gasteiger charge is 2.32. The third-order valence-electron chi connectivity index (χ3n) is 4.44. The fourth-order valence-corrected chi connectivity index (χ4v) is 3.06. The molecule has 7 nitrogen and oxygen atoms in total. The average Bonchev–Trinajstić information content (AvgIpc) is 2.95. The second-order valence-corrected chi connectivity index (χ2v) is 6.29. The van der Waals surface area contributed by atoms with E-state index in [2.05, 4.69) is 10.2 Å². The Hall–Kier alpha value is -2.28. The summed E-state index contributed by atoms with van der Waals surface area (Å²) >= 11 is 0. The van der Waals surface area contributed by atoms with Gasteiger partial charge in [0.2, 0.25) is 5.91 Å². The summed E-state index contributed by atoms with van der Waals surface area (Å²) < 4.78 is 5.27. The van der Waals surface area contributed by atoms with Gasteiger partial charge in [-0.15, -0.1) is 0 Å². The zero-order valence-corrected chi connectivity index (χ0v) is 13.8. The number of nitrogens with zero attached hydrogens (tertiary/aromatic N) is 2. The number of amides is 2. The molecule has 130 valence electrons. The fraction of sp³-hybridized carbons (Fsp3) is 0.529. The van der Waals surface area contributed by atoms with Crippen LogP contribution in [0.5, 0.6) is 0 Å². The molecule has 1 atom stereocenters. The van der Waals surface area contributed by atoms with Gasteiger partial charge in [-0.3, -0.25) is 9.69 Å². The molecule has 7 heteroatoms. The number of anilines is 2. The van der Waals surface area contributed by atoms with Crippen LogP contribution in [0.4, 0.5) is 16.2 Å². The third-order valence-corrected chi connectivity index (χ3v) is 4.44. The summed E-state index contributed by atoms with van der Waals surface area (Å²) in [6.07, 6.45) is 0.653. The predicted octanol–water partition coefficient (Wildman–Crippen LogP) is 1.11. The number of aliphatic hydroxyl groups is 1. The highest BCUT2D eigenvalue weighted by Crippen LogP contribution is 2.26. The smallest absolute Gasteiger partial charge is 0.414 e. The number of aliphatic hydroxyl groups excluding tert-OH is 1. The van der Waals surface area contributed by atoms with Crippen molar-refractivity contribution < 1.29 is 19.4 Å². The first kappa shape index (κ1) is 16.6. The number of rotatable bonds is 4. The molecule has 1 aromatic carbocycles. The van der Waals surface area contributed by atoms with Crippen LogP contribution in [-0.2, 0) is 9.53 Å². The number of carbonyl (C=O) groups is 2. The summed E-state index contributed by atoms with van der Waals surface area (Å²) in [5.41, 5.74) is 1.87.